The molecule has 0 aliphatic carbocycles. The number of hydrogen-bond donors (Lipinski definition) is 0. The van der Waals surface area contributed by atoms with Crippen LogP contribution in [-0.2, 0) is 0 Å². The summed E-state index contributed by atoms with van der Waals surface area (Å²) in [6, 6.07) is 22.8. The molecule has 1 atom stereocenters. The Morgan fingerprint density at radius 1 is 0.556 bits per heavy atom. The summed E-state index contributed by atoms with van der Waals surface area (Å²) < 4.78 is 0. The third kappa shape index (κ3) is 2.08. The summed E-state index contributed by atoms with van der Waals surface area (Å²) >= 11 is 0. The molecule has 2 aliphatic rings. The van der Waals surface area contributed by atoms with E-state index >= 15 is 0 Å². The number of rotatable bonds is 2. The van der Waals surface area contributed by atoms with Crippen LogP contribution in [-0.4, -0.2) is 27.7 Å². The Balaban J connectivity index is 1.69. The highest BCUT2D eigenvalue weighted by Gasteiger charge is 2.48. The monoisotopic (exact) mass is 354 g/mol. The first-order valence-electron chi connectivity index (χ1n) is 8.63. The minimum Gasteiger partial charge on any atom is -0.267 e. The first kappa shape index (κ1) is 15.5. The molecular weight excluding hydrogens is 340 g/mol. The van der Waals surface area contributed by atoms with Gasteiger partial charge in [0.25, 0.3) is 17.7 Å². The van der Waals surface area contributed by atoms with E-state index in [-0.39, 0.29) is 5.91 Å². The second-order valence-electron chi connectivity index (χ2n) is 6.52. The molecule has 2 heterocycles. The summed E-state index contributed by atoms with van der Waals surface area (Å²) in [6.45, 7) is 0. The largest absolute Gasteiger partial charge is 0.280 e. The molecule has 0 radical (unpaired) electrons. The smallest absolute Gasteiger partial charge is 0.267 e. The van der Waals surface area contributed by atoms with Gasteiger partial charge in [-0.2, -0.15) is 5.01 Å². The third-order valence-electron chi connectivity index (χ3n) is 5.04. The van der Waals surface area contributed by atoms with Crippen LogP contribution in [0.25, 0.3) is 0 Å². The van der Waals surface area contributed by atoms with Crippen molar-refractivity contribution < 1.29 is 14.4 Å². The van der Waals surface area contributed by atoms with E-state index in [0.29, 0.717) is 16.7 Å². The van der Waals surface area contributed by atoms with Crippen molar-refractivity contribution in [2.45, 2.75) is 6.04 Å². The maximum absolute atomic E-state index is 13.2. The van der Waals surface area contributed by atoms with E-state index in [4.69, 9.17) is 0 Å². The van der Waals surface area contributed by atoms with Gasteiger partial charge in [-0.1, -0.05) is 60.7 Å². The van der Waals surface area contributed by atoms with Gasteiger partial charge in [-0.05, 0) is 29.3 Å². The molecular formula is C22H14N2O3. The molecule has 130 valence electrons. The summed E-state index contributed by atoms with van der Waals surface area (Å²) in [5, 5.41) is 2.29. The van der Waals surface area contributed by atoms with Crippen LogP contribution < -0.4 is 0 Å². The van der Waals surface area contributed by atoms with Crippen molar-refractivity contribution in [1.82, 2.24) is 10.0 Å². The zero-order chi connectivity index (χ0) is 18.5. The van der Waals surface area contributed by atoms with Crippen LogP contribution in [0, 0.1) is 0 Å². The first-order valence-corrected chi connectivity index (χ1v) is 8.63. The van der Waals surface area contributed by atoms with Crippen LogP contribution in [0.1, 0.15) is 48.2 Å². The molecule has 0 N–H and O–H groups in total. The molecule has 5 rings (SSSR count). The molecule has 0 saturated carbocycles. The molecule has 3 aromatic rings. The lowest BCUT2D eigenvalue weighted by Gasteiger charge is -2.32. The van der Waals surface area contributed by atoms with E-state index in [1.54, 1.807) is 36.4 Å². The normalized spacial score (nSPS) is 18.1. The molecule has 5 heteroatoms. The Kier molecular flexibility index (Phi) is 3.24. The number of imide groups is 1. The number of hydrazine groups is 1. The van der Waals surface area contributed by atoms with Gasteiger partial charge in [0.2, 0.25) is 0 Å². The third-order valence-corrected chi connectivity index (χ3v) is 5.04. The van der Waals surface area contributed by atoms with Crippen LogP contribution >= 0.6 is 0 Å². The average molecular weight is 354 g/mol. The van der Waals surface area contributed by atoms with E-state index in [1.165, 1.54) is 5.01 Å². The van der Waals surface area contributed by atoms with E-state index in [0.717, 1.165) is 16.1 Å². The van der Waals surface area contributed by atoms with Crippen LogP contribution in [0.2, 0.25) is 0 Å². The van der Waals surface area contributed by atoms with E-state index in [9.17, 15) is 14.4 Å². The van der Waals surface area contributed by atoms with Crippen LogP contribution in [0.3, 0.4) is 0 Å². The van der Waals surface area contributed by atoms with Gasteiger partial charge in [-0.25, -0.2) is 5.01 Å². The number of carbonyl (C=O) groups is 3. The SMILES string of the molecule is O=C1c2ccccc2C(=O)N1N1C(=O)c2ccccc2C1c1ccccc1. The Bertz CT molecular complexity index is 1070. The minimum absolute atomic E-state index is 0.318. The Morgan fingerprint density at radius 2 is 1.07 bits per heavy atom. The molecule has 3 amide bonds. The average Bonchev–Trinajstić information content (AvgIpc) is 3.14. The zero-order valence-electron chi connectivity index (χ0n) is 14.2. The molecule has 0 fully saturated rings. The lowest BCUT2D eigenvalue weighted by molar-refractivity contribution is -0.00210. The van der Waals surface area contributed by atoms with Crippen molar-refractivity contribution in [2.75, 3.05) is 0 Å². The number of benzene rings is 3. The predicted octanol–water partition coefficient (Wildman–Crippen LogP) is 3.44. The minimum atomic E-state index is -0.530. The predicted molar refractivity (Wildman–Crippen MR) is 97.8 cm³/mol. The Labute approximate surface area is 155 Å². The number of fused-ring (bicyclic) bond motifs is 2. The molecule has 0 saturated heterocycles. The molecule has 5 nitrogen and oxygen atoms in total. The van der Waals surface area contributed by atoms with Crippen molar-refractivity contribution in [2.24, 2.45) is 0 Å². The lowest BCUT2D eigenvalue weighted by atomic mass is 9.98. The van der Waals surface area contributed by atoms with Gasteiger partial charge in [-0.15, -0.1) is 0 Å². The van der Waals surface area contributed by atoms with Crippen LogP contribution in [0.15, 0.2) is 78.9 Å². The maximum Gasteiger partial charge on any atom is 0.280 e. The highest BCUT2D eigenvalue weighted by molar-refractivity contribution is 6.22. The van der Waals surface area contributed by atoms with Gasteiger partial charge in [0, 0.05) is 5.56 Å². The fraction of sp³-hybridized carbons (Fsp3) is 0.0455. The fourth-order valence-electron chi connectivity index (χ4n) is 3.84. The molecule has 0 bridgehead atoms. The van der Waals surface area contributed by atoms with Crippen molar-refractivity contribution in [3.63, 3.8) is 0 Å². The molecule has 27 heavy (non-hydrogen) atoms. The van der Waals surface area contributed by atoms with Crippen LogP contribution in [0.5, 0.6) is 0 Å². The number of carbonyl (C=O) groups excluding carboxylic acids is 3. The van der Waals surface area contributed by atoms with E-state index < -0.39 is 17.9 Å². The van der Waals surface area contributed by atoms with Gasteiger partial charge >= 0.3 is 0 Å². The van der Waals surface area contributed by atoms with Gasteiger partial charge < -0.3 is 0 Å². The van der Waals surface area contributed by atoms with Gasteiger partial charge in [-0.3, -0.25) is 14.4 Å². The van der Waals surface area contributed by atoms with Gasteiger partial charge in [0.15, 0.2) is 0 Å². The quantitative estimate of drug-likeness (QED) is 0.663. The zero-order valence-corrected chi connectivity index (χ0v) is 14.2. The van der Waals surface area contributed by atoms with Crippen LogP contribution in [0.4, 0.5) is 0 Å². The topological polar surface area (TPSA) is 57.7 Å². The lowest BCUT2D eigenvalue weighted by Crippen LogP contribution is -2.48. The maximum atomic E-state index is 13.2. The summed E-state index contributed by atoms with van der Waals surface area (Å²) in [7, 11) is 0. The highest BCUT2D eigenvalue weighted by Crippen LogP contribution is 2.41. The Morgan fingerprint density at radius 3 is 1.70 bits per heavy atom. The second kappa shape index (κ2) is 5.64. The van der Waals surface area contributed by atoms with Crippen molar-refractivity contribution in [3.05, 3.63) is 107 Å². The van der Waals surface area contributed by atoms with E-state index in [1.807, 2.05) is 42.5 Å². The molecule has 1 unspecified atom stereocenters. The van der Waals surface area contributed by atoms with Crippen molar-refractivity contribution >= 4 is 17.7 Å². The first-order chi connectivity index (χ1) is 13.2. The molecule has 3 aromatic carbocycles. The summed E-state index contributed by atoms with van der Waals surface area (Å²) in [4.78, 5) is 39.1. The number of nitrogens with zero attached hydrogens (tertiary/aromatic N) is 2. The van der Waals surface area contributed by atoms with Gasteiger partial charge in [0.1, 0.15) is 6.04 Å². The molecule has 0 aromatic heterocycles. The second-order valence-corrected chi connectivity index (χ2v) is 6.52. The Hall–Kier alpha value is -3.73. The highest BCUT2D eigenvalue weighted by atomic mass is 16.2. The standard InChI is InChI=1S/C22H14N2O3/c25-20-16-11-5-4-10-15(16)19(14-8-2-1-3-9-14)23(20)24-21(26)17-12-6-7-13-18(17)22(24)27/h1-13,19H. The van der Waals surface area contributed by atoms with E-state index in [2.05, 4.69) is 0 Å². The van der Waals surface area contributed by atoms with Crippen molar-refractivity contribution in [3.8, 4) is 0 Å². The molecule has 0 spiro atoms. The fourth-order valence-corrected chi connectivity index (χ4v) is 3.84. The summed E-state index contributed by atoms with van der Waals surface area (Å²) in [5.41, 5.74) is 2.76. The molecule has 2 aliphatic heterocycles. The van der Waals surface area contributed by atoms with Crippen molar-refractivity contribution in [1.29, 1.82) is 0 Å². The number of hydrogen-bond acceptors (Lipinski definition) is 3. The summed E-state index contributed by atoms with van der Waals surface area (Å²) in [6.07, 6.45) is 0. The number of amides is 3. The summed E-state index contributed by atoms with van der Waals surface area (Å²) in [5.74, 6) is -1.30. The van der Waals surface area contributed by atoms with Gasteiger partial charge in [0.05, 0.1) is 11.1 Å².